The van der Waals surface area contributed by atoms with Crippen molar-refractivity contribution in [2.45, 2.75) is 11.5 Å². The summed E-state index contributed by atoms with van der Waals surface area (Å²) in [5.41, 5.74) is 0.620. The summed E-state index contributed by atoms with van der Waals surface area (Å²) in [6, 6.07) is 12.6. The standard InChI is InChI=1S/C17H13ClN2O5S/c1-26(22,23)14-5-3-2-4-13(14)17(21)24-10-15-19-20-16(25-15)11-6-8-12(18)9-7-11/h2-9H,10H2,1H3. The average Bonchev–Trinajstić information content (AvgIpc) is 3.08. The van der Waals surface area contributed by atoms with Gasteiger partial charge in [0.2, 0.25) is 5.89 Å². The molecule has 2 aromatic carbocycles. The van der Waals surface area contributed by atoms with E-state index in [1.807, 2.05) is 0 Å². The second kappa shape index (κ2) is 7.27. The molecule has 0 aliphatic heterocycles. The molecule has 0 fully saturated rings. The number of hydrogen-bond donors (Lipinski definition) is 0. The zero-order valence-corrected chi connectivity index (χ0v) is 15.1. The molecule has 0 aliphatic carbocycles. The van der Waals surface area contributed by atoms with Gasteiger partial charge in [-0.15, -0.1) is 10.2 Å². The Morgan fingerprint density at radius 3 is 2.50 bits per heavy atom. The molecule has 7 nitrogen and oxygen atoms in total. The van der Waals surface area contributed by atoms with Crippen molar-refractivity contribution in [1.82, 2.24) is 10.2 Å². The minimum absolute atomic E-state index is 0.0487. The van der Waals surface area contributed by atoms with E-state index in [0.29, 0.717) is 10.6 Å². The van der Waals surface area contributed by atoms with E-state index in [1.165, 1.54) is 18.2 Å². The number of rotatable bonds is 5. The number of hydrogen-bond acceptors (Lipinski definition) is 7. The first-order valence-electron chi connectivity index (χ1n) is 7.39. The van der Waals surface area contributed by atoms with Gasteiger partial charge in [-0.1, -0.05) is 23.7 Å². The normalized spacial score (nSPS) is 11.3. The number of sulfone groups is 1. The third-order valence-corrected chi connectivity index (χ3v) is 4.80. The van der Waals surface area contributed by atoms with Crippen molar-refractivity contribution in [3.8, 4) is 11.5 Å². The molecule has 3 rings (SSSR count). The van der Waals surface area contributed by atoms with Gasteiger partial charge in [0.05, 0.1) is 10.5 Å². The van der Waals surface area contributed by atoms with E-state index in [2.05, 4.69) is 10.2 Å². The Labute approximate surface area is 154 Å². The monoisotopic (exact) mass is 392 g/mol. The van der Waals surface area contributed by atoms with Gasteiger partial charge in [-0.3, -0.25) is 0 Å². The predicted molar refractivity (Wildman–Crippen MR) is 93.4 cm³/mol. The second-order valence-electron chi connectivity index (χ2n) is 5.35. The Bertz CT molecular complexity index is 1050. The summed E-state index contributed by atoms with van der Waals surface area (Å²) in [5.74, 6) is -0.457. The third kappa shape index (κ3) is 4.09. The molecule has 1 heterocycles. The zero-order chi connectivity index (χ0) is 18.7. The molecule has 0 N–H and O–H groups in total. The summed E-state index contributed by atoms with van der Waals surface area (Å²) in [6.07, 6.45) is 1.02. The van der Waals surface area contributed by atoms with Crippen LogP contribution in [0.2, 0.25) is 5.02 Å². The molecule has 0 radical (unpaired) electrons. The Kier molecular flexibility index (Phi) is 5.06. The first kappa shape index (κ1) is 18.1. The first-order valence-corrected chi connectivity index (χ1v) is 9.66. The molecule has 0 bridgehead atoms. The fraction of sp³-hybridized carbons (Fsp3) is 0.118. The second-order valence-corrected chi connectivity index (χ2v) is 7.77. The lowest BCUT2D eigenvalue weighted by Gasteiger charge is -2.06. The maximum absolute atomic E-state index is 12.2. The molecule has 134 valence electrons. The van der Waals surface area contributed by atoms with Gasteiger partial charge >= 0.3 is 5.97 Å². The van der Waals surface area contributed by atoms with Crippen LogP contribution in [0.5, 0.6) is 0 Å². The molecule has 3 aromatic rings. The fourth-order valence-corrected chi connectivity index (χ4v) is 3.19. The van der Waals surface area contributed by atoms with Crippen LogP contribution in [0.25, 0.3) is 11.5 Å². The van der Waals surface area contributed by atoms with Crippen molar-refractivity contribution in [3.63, 3.8) is 0 Å². The molecule has 1 aromatic heterocycles. The number of halogens is 1. The number of ether oxygens (including phenoxy) is 1. The maximum Gasteiger partial charge on any atom is 0.339 e. The minimum Gasteiger partial charge on any atom is -0.452 e. The molecule has 0 spiro atoms. The number of esters is 1. The van der Waals surface area contributed by atoms with Gasteiger partial charge in [0, 0.05) is 16.8 Å². The smallest absolute Gasteiger partial charge is 0.339 e. The van der Waals surface area contributed by atoms with Crippen molar-refractivity contribution in [2.24, 2.45) is 0 Å². The summed E-state index contributed by atoms with van der Waals surface area (Å²) < 4.78 is 34.0. The molecule has 9 heteroatoms. The van der Waals surface area contributed by atoms with Crippen molar-refractivity contribution >= 4 is 27.4 Å². The average molecular weight is 393 g/mol. The van der Waals surface area contributed by atoms with Crippen LogP contribution < -0.4 is 0 Å². The Morgan fingerprint density at radius 2 is 1.81 bits per heavy atom. The van der Waals surface area contributed by atoms with E-state index in [4.69, 9.17) is 20.8 Å². The van der Waals surface area contributed by atoms with Gasteiger partial charge in [-0.05, 0) is 36.4 Å². The lowest BCUT2D eigenvalue weighted by molar-refractivity contribution is 0.0434. The fourth-order valence-electron chi connectivity index (χ4n) is 2.18. The molecule has 0 saturated heterocycles. The summed E-state index contributed by atoms with van der Waals surface area (Å²) >= 11 is 5.82. The van der Waals surface area contributed by atoms with E-state index in [-0.39, 0.29) is 28.8 Å². The maximum atomic E-state index is 12.2. The van der Waals surface area contributed by atoms with Gasteiger partial charge in [-0.2, -0.15) is 0 Å². The molecular weight excluding hydrogens is 380 g/mol. The van der Waals surface area contributed by atoms with Gasteiger partial charge < -0.3 is 9.15 Å². The molecule has 0 saturated carbocycles. The lowest BCUT2D eigenvalue weighted by Crippen LogP contribution is -2.11. The van der Waals surface area contributed by atoms with Crippen molar-refractivity contribution in [3.05, 3.63) is 65.0 Å². The Balaban J connectivity index is 1.72. The Hall–Kier alpha value is -2.71. The van der Waals surface area contributed by atoms with Gasteiger partial charge in [0.25, 0.3) is 5.89 Å². The highest BCUT2D eigenvalue weighted by Gasteiger charge is 2.20. The number of aromatic nitrogens is 2. The molecule has 0 aliphatic rings. The highest BCUT2D eigenvalue weighted by molar-refractivity contribution is 7.90. The third-order valence-electron chi connectivity index (χ3n) is 3.39. The Morgan fingerprint density at radius 1 is 1.12 bits per heavy atom. The number of nitrogens with zero attached hydrogens (tertiary/aromatic N) is 2. The zero-order valence-electron chi connectivity index (χ0n) is 13.5. The van der Waals surface area contributed by atoms with Gasteiger partial charge in [0.15, 0.2) is 16.4 Å². The van der Waals surface area contributed by atoms with Crippen LogP contribution >= 0.6 is 11.6 Å². The molecule has 0 amide bonds. The van der Waals surface area contributed by atoms with Crippen LogP contribution in [-0.4, -0.2) is 30.8 Å². The summed E-state index contributed by atoms with van der Waals surface area (Å²) in [7, 11) is -3.56. The van der Waals surface area contributed by atoms with Crippen molar-refractivity contribution in [1.29, 1.82) is 0 Å². The predicted octanol–water partition coefficient (Wildman–Crippen LogP) is 3.15. The summed E-state index contributed by atoms with van der Waals surface area (Å²) in [4.78, 5) is 12.1. The van der Waals surface area contributed by atoms with Crippen LogP contribution in [0.15, 0.2) is 57.8 Å². The van der Waals surface area contributed by atoms with Crippen molar-refractivity contribution in [2.75, 3.05) is 6.26 Å². The summed E-state index contributed by atoms with van der Waals surface area (Å²) in [6.45, 7) is -0.280. The molecule has 0 unspecified atom stereocenters. The number of benzene rings is 2. The van der Waals surface area contributed by atoms with Crippen LogP contribution in [0, 0.1) is 0 Å². The van der Waals surface area contributed by atoms with E-state index < -0.39 is 15.8 Å². The largest absolute Gasteiger partial charge is 0.452 e. The first-order chi connectivity index (χ1) is 12.3. The van der Waals surface area contributed by atoms with Crippen LogP contribution in [-0.2, 0) is 21.2 Å². The van der Waals surface area contributed by atoms with Gasteiger partial charge in [0.1, 0.15) is 0 Å². The lowest BCUT2D eigenvalue weighted by atomic mass is 10.2. The molecule has 26 heavy (non-hydrogen) atoms. The topological polar surface area (TPSA) is 99.4 Å². The quantitative estimate of drug-likeness (QED) is 0.615. The van der Waals surface area contributed by atoms with E-state index in [1.54, 1.807) is 30.3 Å². The van der Waals surface area contributed by atoms with E-state index in [9.17, 15) is 13.2 Å². The van der Waals surface area contributed by atoms with Crippen molar-refractivity contribution < 1.29 is 22.4 Å². The molecular formula is C17H13ClN2O5S. The molecule has 0 atom stereocenters. The number of carbonyl (C=O) groups is 1. The summed E-state index contributed by atoms with van der Waals surface area (Å²) in [5, 5.41) is 8.26. The van der Waals surface area contributed by atoms with E-state index in [0.717, 1.165) is 6.26 Å². The minimum atomic E-state index is -3.56. The van der Waals surface area contributed by atoms with Crippen LogP contribution in [0.1, 0.15) is 16.2 Å². The highest BCUT2D eigenvalue weighted by Crippen LogP contribution is 2.21. The SMILES string of the molecule is CS(=O)(=O)c1ccccc1C(=O)OCc1nnc(-c2ccc(Cl)cc2)o1. The van der Waals surface area contributed by atoms with Crippen LogP contribution in [0.3, 0.4) is 0 Å². The van der Waals surface area contributed by atoms with Crippen LogP contribution in [0.4, 0.5) is 0 Å². The van der Waals surface area contributed by atoms with Gasteiger partial charge in [-0.25, -0.2) is 13.2 Å². The number of carbonyl (C=O) groups excluding carboxylic acids is 1. The van der Waals surface area contributed by atoms with E-state index >= 15 is 0 Å². The highest BCUT2D eigenvalue weighted by atomic mass is 35.5.